The lowest BCUT2D eigenvalue weighted by Crippen LogP contribution is -1.83. The van der Waals surface area contributed by atoms with Crippen LogP contribution in [0.4, 0.5) is 0 Å². The first kappa shape index (κ1) is 16.1. The third-order valence-electron chi connectivity index (χ3n) is 2.01. The zero-order valence-corrected chi connectivity index (χ0v) is 9.80. The Kier molecular flexibility index (Phi) is 21.2. The Balaban J connectivity index is 0. The van der Waals surface area contributed by atoms with Gasteiger partial charge in [-0.1, -0.05) is 51.9 Å². The molecule has 0 bridgehead atoms. The van der Waals surface area contributed by atoms with E-state index in [2.05, 4.69) is 6.92 Å². The summed E-state index contributed by atoms with van der Waals surface area (Å²) in [4.78, 5) is 8.81. The molecule has 0 unspecified atom stereocenters. The molecule has 0 saturated carbocycles. The number of hydrogen-bond acceptors (Lipinski definition) is 2. The first-order valence-electron chi connectivity index (χ1n) is 5.84. The van der Waals surface area contributed by atoms with Gasteiger partial charge in [-0.05, 0) is 13.3 Å². The van der Waals surface area contributed by atoms with Crippen molar-refractivity contribution in [3.63, 3.8) is 0 Å². The molecule has 2 nitrogen and oxygen atoms in total. The molecule has 2 heteroatoms. The molecule has 0 fully saturated rings. The highest BCUT2D eigenvalue weighted by atomic mass is 16.2. The minimum Gasteiger partial charge on any atom is -0.396 e. The summed E-state index contributed by atoms with van der Waals surface area (Å²) in [6.45, 7) is 4.06. The highest BCUT2D eigenvalue weighted by Gasteiger charge is 1.89. The molecule has 0 atom stereocenters. The van der Waals surface area contributed by atoms with Crippen LogP contribution in [0.25, 0.3) is 0 Å². The summed E-state index contributed by atoms with van der Waals surface area (Å²) in [5, 5.41) is 8.51. The van der Waals surface area contributed by atoms with Crippen LogP contribution in [-0.4, -0.2) is 18.0 Å². The quantitative estimate of drug-likeness (QED) is 0.484. The third kappa shape index (κ3) is 22.6. The van der Waals surface area contributed by atoms with Gasteiger partial charge < -0.3 is 9.90 Å². The van der Waals surface area contributed by atoms with Gasteiger partial charge in [-0.15, -0.1) is 0 Å². The van der Waals surface area contributed by atoms with Crippen molar-refractivity contribution >= 4 is 6.29 Å². The van der Waals surface area contributed by atoms with Gasteiger partial charge in [0.25, 0.3) is 0 Å². The van der Waals surface area contributed by atoms with Crippen LogP contribution in [0.1, 0.15) is 65.2 Å². The molecule has 0 aliphatic heterocycles. The van der Waals surface area contributed by atoms with Crippen molar-refractivity contribution in [3.05, 3.63) is 0 Å². The fourth-order valence-corrected chi connectivity index (χ4v) is 1.25. The normalized spacial score (nSPS) is 9.07. The van der Waals surface area contributed by atoms with E-state index in [-0.39, 0.29) is 0 Å². The molecule has 0 aromatic heterocycles. The number of unbranched alkanes of at least 4 members (excludes halogenated alkanes) is 7. The van der Waals surface area contributed by atoms with Gasteiger partial charge >= 0.3 is 0 Å². The molecule has 0 amide bonds. The van der Waals surface area contributed by atoms with Gasteiger partial charge in [0.2, 0.25) is 0 Å². The number of aliphatic hydroxyl groups excluding tert-OH is 1. The Bertz CT molecular complexity index is 84.3. The molecule has 0 aromatic rings. The number of hydrogen-bond donors (Lipinski definition) is 1. The van der Waals surface area contributed by atoms with Crippen molar-refractivity contribution in [1.82, 2.24) is 0 Å². The highest BCUT2D eigenvalue weighted by molar-refractivity contribution is 5.44. The fourth-order valence-electron chi connectivity index (χ4n) is 1.25. The first-order valence-corrected chi connectivity index (χ1v) is 5.84. The molecule has 0 aromatic carbocycles. The molecule has 0 saturated heterocycles. The maximum absolute atomic E-state index is 8.81. The van der Waals surface area contributed by atoms with E-state index in [1.165, 1.54) is 51.9 Å². The first-order chi connectivity index (χ1) is 6.83. The predicted octanol–water partition coefficient (Wildman–Crippen LogP) is 3.32. The van der Waals surface area contributed by atoms with Gasteiger partial charge in [0.1, 0.15) is 6.29 Å². The summed E-state index contributed by atoms with van der Waals surface area (Å²) < 4.78 is 0. The smallest absolute Gasteiger partial charge is 0.116 e. The third-order valence-corrected chi connectivity index (χ3v) is 2.01. The van der Waals surface area contributed by atoms with E-state index >= 15 is 0 Å². The minimum absolute atomic E-state index is 0.370. The topological polar surface area (TPSA) is 37.3 Å². The minimum atomic E-state index is 0.370. The largest absolute Gasteiger partial charge is 0.396 e. The van der Waals surface area contributed by atoms with Gasteiger partial charge in [0, 0.05) is 6.61 Å². The Labute approximate surface area is 88.7 Å². The monoisotopic (exact) mass is 202 g/mol. The van der Waals surface area contributed by atoms with Crippen molar-refractivity contribution in [2.45, 2.75) is 65.2 Å². The zero-order chi connectivity index (χ0) is 11.1. The molecular formula is C12H26O2. The van der Waals surface area contributed by atoms with Crippen molar-refractivity contribution in [2.24, 2.45) is 0 Å². The fraction of sp³-hybridized carbons (Fsp3) is 0.917. The Morgan fingerprint density at radius 3 is 1.64 bits per heavy atom. The number of aldehydes is 1. The van der Waals surface area contributed by atoms with Crippen molar-refractivity contribution < 1.29 is 9.90 Å². The summed E-state index contributed by atoms with van der Waals surface area (Å²) >= 11 is 0. The van der Waals surface area contributed by atoms with E-state index in [1.54, 1.807) is 0 Å². The van der Waals surface area contributed by atoms with Gasteiger partial charge in [0.15, 0.2) is 0 Å². The standard InChI is InChI=1S/C10H22O.C2H4O/c1-2-3-4-5-6-7-8-9-10-11;1-2-3/h11H,2-10H2,1H3;2H,1H3. The van der Waals surface area contributed by atoms with Crippen LogP contribution in [0.2, 0.25) is 0 Å². The van der Waals surface area contributed by atoms with Crippen LogP contribution in [0, 0.1) is 0 Å². The molecule has 0 spiro atoms. The second-order valence-electron chi connectivity index (χ2n) is 3.43. The van der Waals surface area contributed by atoms with Crippen molar-refractivity contribution in [2.75, 3.05) is 6.61 Å². The Hall–Kier alpha value is -0.370. The van der Waals surface area contributed by atoms with Crippen LogP contribution in [0.5, 0.6) is 0 Å². The van der Waals surface area contributed by atoms with E-state index in [4.69, 9.17) is 9.90 Å². The van der Waals surface area contributed by atoms with E-state index in [0.29, 0.717) is 6.61 Å². The predicted molar refractivity (Wildman–Crippen MR) is 61.4 cm³/mol. The lowest BCUT2D eigenvalue weighted by atomic mass is 10.1. The Morgan fingerprint density at radius 2 is 1.29 bits per heavy atom. The van der Waals surface area contributed by atoms with E-state index in [9.17, 15) is 0 Å². The summed E-state index contributed by atoms with van der Waals surface area (Å²) in [6, 6.07) is 0. The van der Waals surface area contributed by atoms with Crippen LogP contribution in [0.3, 0.4) is 0 Å². The van der Waals surface area contributed by atoms with Crippen LogP contribution < -0.4 is 0 Å². The van der Waals surface area contributed by atoms with Crippen LogP contribution in [0.15, 0.2) is 0 Å². The van der Waals surface area contributed by atoms with E-state index in [1.807, 2.05) is 0 Å². The van der Waals surface area contributed by atoms with Crippen LogP contribution >= 0.6 is 0 Å². The van der Waals surface area contributed by atoms with Crippen LogP contribution in [-0.2, 0) is 4.79 Å². The molecular weight excluding hydrogens is 176 g/mol. The SMILES string of the molecule is CC=O.CCCCCCCCCCO. The second-order valence-corrected chi connectivity index (χ2v) is 3.43. The summed E-state index contributed by atoms with van der Waals surface area (Å²) in [7, 11) is 0. The molecule has 86 valence electrons. The second kappa shape index (κ2) is 18.4. The number of carbonyl (C=O) groups excluding carboxylic acids is 1. The van der Waals surface area contributed by atoms with Gasteiger partial charge in [0.05, 0.1) is 0 Å². The van der Waals surface area contributed by atoms with E-state index in [0.717, 1.165) is 12.7 Å². The van der Waals surface area contributed by atoms with Crippen molar-refractivity contribution in [3.8, 4) is 0 Å². The maximum atomic E-state index is 8.81. The molecule has 0 rings (SSSR count). The molecule has 1 N–H and O–H groups in total. The average molecular weight is 202 g/mol. The maximum Gasteiger partial charge on any atom is 0.116 e. The highest BCUT2D eigenvalue weighted by Crippen LogP contribution is 2.07. The summed E-state index contributed by atoms with van der Waals surface area (Å²) in [5.74, 6) is 0. The van der Waals surface area contributed by atoms with Gasteiger partial charge in [-0.25, -0.2) is 0 Å². The number of carbonyl (C=O) groups is 1. The lowest BCUT2D eigenvalue weighted by Gasteiger charge is -1.98. The van der Waals surface area contributed by atoms with Gasteiger partial charge in [-0.3, -0.25) is 0 Å². The Morgan fingerprint density at radius 1 is 0.929 bits per heavy atom. The zero-order valence-electron chi connectivity index (χ0n) is 9.80. The average Bonchev–Trinajstić information content (AvgIpc) is 2.18. The molecule has 14 heavy (non-hydrogen) atoms. The van der Waals surface area contributed by atoms with Crippen molar-refractivity contribution in [1.29, 1.82) is 0 Å². The lowest BCUT2D eigenvalue weighted by molar-refractivity contribution is -0.106. The summed E-state index contributed by atoms with van der Waals surface area (Å²) in [6.07, 6.45) is 11.1. The van der Waals surface area contributed by atoms with Gasteiger partial charge in [-0.2, -0.15) is 0 Å². The van der Waals surface area contributed by atoms with E-state index < -0.39 is 0 Å². The number of rotatable bonds is 8. The molecule has 0 heterocycles. The molecule has 0 radical (unpaired) electrons. The number of aliphatic hydroxyl groups is 1. The summed E-state index contributed by atoms with van der Waals surface area (Å²) in [5.41, 5.74) is 0. The molecule has 0 aliphatic carbocycles. The molecule has 0 aliphatic rings.